The zero-order valence-electron chi connectivity index (χ0n) is 22.3. The molecule has 0 radical (unpaired) electrons. The zero-order valence-corrected chi connectivity index (χ0v) is 22.3. The number of carbonyl (C=O) groups excluding carboxylic acids is 2. The van der Waals surface area contributed by atoms with Crippen molar-refractivity contribution in [3.63, 3.8) is 0 Å². The lowest BCUT2D eigenvalue weighted by molar-refractivity contribution is -0.170. The first kappa shape index (κ1) is 26.3. The van der Waals surface area contributed by atoms with Crippen LogP contribution in [0.3, 0.4) is 0 Å². The molecule has 0 aromatic heterocycles. The second-order valence-corrected chi connectivity index (χ2v) is 10.9. The summed E-state index contributed by atoms with van der Waals surface area (Å²) in [6, 6.07) is 11.9. The number of hydrogen-bond acceptors (Lipinski definition) is 9. The van der Waals surface area contributed by atoms with E-state index < -0.39 is 41.1 Å². The number of carboxylic acids is 1. The molecule has 0 amide bonds. The predicted molar refractivity (Wildman–Crippen MR) is 140 cm³/mol. The summed E-state index contributed by atoms with van der Waals surface area (Å²) in [6.07, 6.45) is 0.389. The fraction of sp³-hybridized carbons (Fsp3) is 0.433. The molecule has 1 spiro atoms. The number of aliphatic carboxylic acids is 1. The number of nitrogens with zero attached hydrogens (tertiary/aromatic N) is 1. The summed E-state index contributed by atoms with van der Waals surface area (Å²) < 4.78 is 23.0. The number of carbonyl (C=O) groups is 3. The SMILES string of the molecule is COc1ccc2c3c1O[C@H]1C(OC(=O)CCC(=O)O[C@H](C(=O)O)c4ccccc4)=CC[C@@]4(O)[C@@H](C2)N(C)CC[C@]314. The highest BCUT2D eigenvalue weighted by molar-refractivity contribution is 5.82. The van der Waals surface area contributed by atoms with Crippen LogP contribution in [0, 0.1) is 0 Å². The minimum Gasteiger partial charge on any atom is -0.493 e. The average Bonchev–Trinajstić information content (AvgIpc) is 3.30. The summed E-state index contributed by atoms with van der Waals surface area (Å²) >= 11 is 0. The number of hydrogen-bond donors (Lipinski definition) is 2. The molecular weight excluding hydrogens is 518 g/mol. The fourth-order valence-electron chi connectivity index (χ4n) is 7.05. The second-order valence-electron chi connectivity index (χ2n) is 10.9. The molecule has 2 heterocycles. The monoisotopic (exact) mass is 549 g/mol. The molecule has 0 unspecified atom stereocenters. The number of ether oxygens (including phenoxy) is 4. The van der Waals surface area contributed by atoms with E-state index in [1.54, 1.807) is 43.5 Å². The molecule has 2 N–H and O–H groups in total. The van der Waals surface area contributed by atoms with E-state index >= 15 is 0 Å². The lowest BCUT2D eigenvalue weighted by Gasteiger charge is -2.61. The molecular formula is C30H31NO9. The minimum atomic E-state index is -1.47. The summed E-state index contributed by atoms with van der Waals surface area (Å²) in [5, 5.41) is 21.7. The number of likely N-dealkylation sites (N-methyl/N-ethyl adjacent to an activating group) is 1. The molecule has 10 heteroatoms. The topological polar surface area (TPSA) is 132 Å². The summed E-state index contributed by atoms with van der Waals surface area (Å²) in [6.45, 7) is 0.738. The van der Waals surface area contributed by atoms with Crippen molar-refractivity contribution >= 4 is 17.9 Å². The first-order chi connectivity index (χ1) is 19.2. The highest BCUT2D eigenvalue weighted by atomic mass is 16.6. The maximum absolute atomic E-state index is 12.9. The third kappa shape index (κ3) is 3.81. The number of benzene rings is 2. The molecule has 2 aromatic carbocycles. The molecule has 2 bridgehead atoms. The first-order valence-electron chi connectivity index (χ1n) is 13.4. The summed E-state index contributed by atoms with van der Waals surface area (Å²) in [5.74, 6) is -1.39. The Balaban J connectivity index is 1.20. The van der Waals surface area contributed by atoms with Crippen molar-refractivity contribution in [2.75, 3.05) is 20.7 Å². The predicted octanol–water partition coefficient (Wildman–Crippen LogP) is 2.67. The third-order valence-corrected chi connectivity index (χ3v) is 8.90. The Morgan fingerprint density at radius 3 is 2.60 bits per heavy atom. The molecule has 2 aliphatic carbocycles. The molecule has 0 saturated carbocycles. The van der Waals surface area contributed by atoms with E-state index in [9.17, 15) is 24.6 Å². The van der Waals surface area contributed by atoms with Crippen molar-refractivity contribution in [1.29, 1.82) is 0 Å². The molecule has 10 nitrogen and oxygen atoms in total. The highest BCUT2D eigenvalue weighted by Gasteiger charge is 2.72. The maximum atomic E-state index is 12.9. The summed E-state index contributed by atoms with van der Waals surface area (Å²) in [4.78, 5) is 39.2. The van der Waals surface area contributed by atoms with Gasteiger partial charge in [-0.2, -0.15) is 0 Å². The number of likely N-dealkylation sites (tertiary alicyclic amines) is 1. The van der Waals surface area contributed by atoms with Gasteiger partial charge >= 0.3 is 17.9 Å². The quantitative estimate of drug-likeness (QED) is 0.474. The third-order valence-electron chi connectivity index (χ3n) is 8.90. The number of carboxylic acid groups (broad SMARTS) is 1. The van der Waals surface area contributed by atoms with Crippen LogP contribution in [0.5, 0.6) is 11.5 Å². The van der Waals surface area contributed by atoms with Gasteiger partial charge in [-0.25, -0.2) is 4.79 Å². The van der Waals surface area contributed by atoms with Gasteiger partial charge in [0, 0.05) is 23.6 Å². The van der Waals surface area contributed by atoms with E-state index in [4.69, 9.17) is 18.9 Å². The Morgan fingerprint density at radius 2 is 1.88 bits per heavy atom. The Morgan fingerprint density at radius 1 is 1.12 bits per heavy atom. The summed E-state index contributed by atoms with van der Waals surface area (Å²) in [7, 11) is 3.58. The van der Waals surface area contributed by atoms with E-state index in [-0.39, 0.29) is 25.3 Å². The molecule has 2 aromatic rings. The average molecular weight is 550 g/mol. The molecule has 4 aliphatic rings. The Hall–Kier alpha value is -3.89. The standard InChI is InChI=1S/C30H31NO9/c1-31-15-14-29-24-18-8-9-19(37-2)26(24)40-27(29)20(12-13-30(29,36)21(31)16-18)38-22(32)10-11-23(33)39-25(28(34)35)17-6-4-3-5-7-17/h3-9,12,21,25,27,36H,10-11,13-16H2,1-2H3,(H,34,35)/t21-,25+,27+,29+,30-/m1/s1. The van der Waals surface area contributed by atoms with Gasteiger partial charge in [0.2, 0.25) is 6.10 Å². The largest absolute Gasteiger partial charge is 0.493 e. The van der Waals surface area contributed by atoms with Gasteiger partial charge in [0.05, 0.1) is 31.0 Å². The number of methoxy groups -OCH3 is 1. The van der Waals surface area contributed by atoms with Gasteiger partial charge in [0.1, 0.15) is 5.76 Å². The lowest BCUT2D eigenvalue weighted by Crippen LogP contribution is -2.74. The van der Waals surface area contributed by atoms with Crippen LogP contribution in [0.25, 0.3) is 0 Å². The van der Waals surface area contributed by atoms with Crippen LogP contribution in [0.4, 0.5) is 0 Å². The van der Waals surface area contributed by atoms with Crippen LogP contribution in [-0.4, -0.2) is 71.5 Å². The molecule has 6 rings (SSSR count). The van der Waals surface area contributed by atoms with Crippen LogP contribution in [0.1, 0.15) is 48.5 Å². The van der Waals surface area contributed by atoms with Crippen molar-refractivity contribution < 1.29 is 43.5 Å². The Bertz CT molecular complexity index is 1410. The van der Waals surface area contributed by atoms with Crippen molar-refractivity contribution in [3.8, 4) is 11.5 Å². The summed E-state index contributed by atoms with van der Waals surface area (Å²) in [5.41, 5.74) is 0.394. The van der Waals surface area contributed by atoms with Crippen molar-refractivity contribution in [2.24, 2.45) is 0 Å². The van der Waals surface area contributed by atoms with Gasteiger partial charge in [-0.15, -0.1) is 0 Å². The number of esters is 2. The van der Waals surface area contributed by atoms with Gasteiger partial charge in [-0.3, -0.25) is 9.59 Å². The molecule has 210 valence electrons. The Kier molecular flexibility index (Phi) is 6.35. The highest BCUT2D eigenvalue weighted by Crippen LogP contribution is 2.65. The number of aliphatic hydroxyl groups is 1. The number of rotatable bonds is 8. The zero-order chi connectivity index (χ0) is 28.2. The lowest BCUT2D eigenvalue weighted by atomic mass is 9.50. The second kappa shape index (κ2) is 9.64. The van der Waals surface area contributed by atoms with E-state index in [1.807, 2.05) is 19.2 Å². The fourth-order valence-corrected chi connectivity index (χ4v) is 7.05. The molecule has 40 heavy (non-hydrogen) atoms. The van der Waals surface area contributed by atoms with Crippen molar-refractivity contribution in [1.82, 2.24) is 4.90 Å². The van der Waals surface area contributed by atoms with Gasteiger partial charge in [0.15, 0.2) is 17.6 Å². The van der Waals surface area contributed by atoms with Gasteiger partial charge in [-0.1, -0.05) is 36.4 Å². The molecule has 2 aliphatic heterocycles. The molecule has 5 atom stereocenters. The van der Waals surface area contributed by atoms with Crippen LogP contribution >= 0.6 is 0 Å². The van der Waals surface area contributed by atoms with Crippen molar-refractivity contribution in [2.45, 2.75) is 61.4 Å². The normalized spacial score (nSPS) is 28.4. The van der Waals surface area contributed by atoms with Crippen molar-refractivity contribution in [3.05, 3.63) is 71.0 Å². The molecule has 1 fully saturated rings. The van der Waals surface area contributed by atoms with E-state index in [2.05, 4.69) is 4.90 Å². The van der Waals surface area contributed by atoms with Crippen LogP contribution in [-0.2, 0) is 35.7 Å². The Labute approximate surface area is 231 Å². The van der Waals surface area contributed by atoms with E-state index in [1.165, 1.54) is 0 Å². The first-order valence-corrected chi connectivity index (χ1v) is 13.4. The molecule has 1 saturated heterocycles. The van der Waals surface area contributed by atoms with Gasteiger partial charge in [0.25, 0.3) is 0 Å². The van der Waals surface area contributed by atoms with Crippen LogP contribution in [0.2, 0.25) is 0 Å². The maximum Gasteiger partial charge on any atom is 0.349 e. The minimum absolute atomic E-state index is 0.130. The van der Waals surface area contributed by atoms with E-state index in [0.717, 1.165) is 17.7 Å². The van der Waals surface area contributed by atoms with E-state index in [0.29, 0.717) is 35.7 Å². The van der Waals surface area contributed by atoms with Gasteiger partial charge < -0.3 is 34.1 Å². The van der Waals surface area contributed by atoms with Crippen LogP contribution in [0.15, 0.2) is 54.3 Å². The number of piperidine rings is 1. The van der Waals surface area contributed by atoms with Gasteiger partial charge in [-0.05, 0) is 44.1 Å². The van der Waals surface area contributed by atoms with Crippen LogP contribution < -0.4 is 9.47 Å². The smallest absolute Gasteiger partial charge is 0.349 e.